The summed E-state index contributed by atoms with van der Waals surface area (Å²) in [5, 5.41) is 6.50. The molecule has 2 aliphatic rings. The highest BCUT2D eigenvalue weighted by Crippen LogP contribution is 2.36. The van der Waals surface area contributed by atoms with Gasteiger partial charge in [0.05, 0.1) is 5.01 Å². The summed E-state index contributed by atoms with van der Waals surface area (Å²) in [6, 6.07) is 0. The summed E-state index contributed by atoms with van der Waals surface area (Å²) in [6.45, 7) is 4.18. The molecule has 1 aromatic heterocycles. The third-order valence-electron chi connectivity index (χ3n) is 4.55. The smallest absolute Gasteiger partial charge is 0.222 e. The number of carbonyl (C=O) groups is 1. The van der Waals surface area contributed by atoms with E-state index in [9.17, 15) is 4.79 Å². The zero-order valence-electron chi connectivity index (χ0n) is 11.2. The second kappa shape index (κ2) is 5.59. The van der Waals surface area contributed by atoms with Crippen LogP contribution >= 0.6 is 11.3 Å². The van der Waals surface area contributed by atoms with Crippen LogP contribution in [0.3, 0.4) is 0 Å². The number of rotatable bonds is 3. The van der Waals surface area contributed by atoms with Crippen molar-refractivity contribution in [2.45, 2.75) is 32.1 Å². The first-order valence-corrected chi connectivity index (χ1v) is 8.02. The van der Waals surface area contributed by atoms with E-state index in [2.05, 4.69) is 15.2 Å². The Morgan fingerprint density at radius 2 is 2.26 bits per heavy atom. The van der Waals surface area contributed by atoms with Crippen LogP contribution in [-0.2, 0) is 11.2 Å². The van der Waals surface area contributed by atoms with Gasteiger partial charge < -0.3 is 10.2 Å². The number of hydrogen-bond acceptors (Lipinski definition) is 4. The van der Waals surface area contributed by atoms with Crippen molar-refractivity contribution in [2.75, 3.05) is 26.2 Å². The first-order chi connectivity index (χ1) is 9.27. The number of thiazole rings is 1. The second-order valence-electron chi connectivity index (χ2n) is 5.73. The van der Waals surface area contributed by atoms with E-state index >= 15 is 0 Å². The van der Waals surface area contributed by atoms with Gasteiger partial charge in [-0.2, -0.15) is 0 Å². The Hall–Kier alpha value is -0.940. The lowest BCUT2D eigenvalue weighted by molar-refractivity contribution is -0.133. The predicted octanol–water partition coefficient (Wildman–Crippen LogP) is 1.68. The maximum absolute atomic E-state index is 12.2. The summed E-state index contributed by atoms with van der Waals surface area (Å²) in [7, 11) is 0. The zero-order valence-corrected chi connectivity index (χ0v) is 12.0. The first-order valence-electron chi connectivity index (χ1n) is 7.14. The van der Waals surface area contributed by atoms with Gasteiger partial charge in [-0.05, 0) is 31.2 Å². The molecule has 1 N–H and O–H groups in total. The molecule has 0 unspecified atom stereocenters. The van der Waals surface area contributed by atoms with Gasteiger partial charge in [0, 0.05) is 44.1 Å². The van der Waals surface area contributed by atoms with Crippen molar-refractivity contribution in [3.05, 3.63) is 16.6 Å². The van der Waals surface area contributed by atoms with E-state index in [0.29, 0.717) is 17.7 Å². The normalized spacial score (nSPS) is 22.0. The Balaban J connectivity index is 1.46. The average molecular weight is 279 g/mol. The molecular formula is C14H21N3OS. The minimum Gasteiger partial charge on any atom is -0.343 e. The molecule has 0 aromatic carbocycles. The van der Waals surface area contributed by atoms with Crippen molar-refractivity contribution >= 4 is 17.2 Å². The number of nitrogens with zero attached hydrogens (tertiary/aromatic N) is 2. The lowest BCUT2D eigenvalue weighted by Gasteiger charge is -2.38. The lowest BCUT2D eigenvalue weighted by atomic mass is 9.78. The number of aryl methyl sites for hydroxylation is 1. The van der Waals surface area contributed by atoms with E-state index in [0.717, 1.165) is 37.6 Å². The fraction of sp³-hybridized carbons (Fsp3) is 0.714. The van der Waals surface area contributed by atoms with Gasteiger partial charge >= 0.3 is 0 Å². The molecule has 2 fully saturated rings. The van der Waals surface area contributed by atoms with Crippen LogP contribution < -0.4 is 5.32 Å². The van der Waals surface area contributed by atoms with Crippen molar-refractivity contribution in [3.63, 3.8) is 0 Å². The summed E-state index contributed by atoms with van der Waals surface area (Å²) in [5.74, 6) is 0.302. The summed E-state index contributed by atoms with van der Waals surface area (Å²) < 4.78 is 0. The molecular weight excluding hydrogens is 258 g/mol. The van der Waals surface area contributed by atoms with Crippen molar-refractivity contribution < 1.29 is 4.79 Å². The quantitative estimate of drug-likeness (QED) is 0.915. The first kappa shape index (κ1) is 13.1. The summed E-state index contributed by atoms with van der Waals surface area (Å²) >= 11 is 1.64. The topological polar surface area (TPSA) is 45.2 Å². The molecule has 0 bridgehead atoms. The maximum Gasteiger partial charge on any atom is 0.222 e. The van der Waals surface area contributed by atoms with Crippen molar-refractivity contribution in [1.82, 2.24) is 15.2 Å². The largest absolute Gasteiger partial charge is 0.343 e. The molecule has 0 saturated carbocycles. The highest BCUT2D eigenvalue weighted by atomic mass is 32.1. The minimum atomic E-state index is 0.302. The van der Waals surface area contributed by atoms with Gasteiger partial charge in [-0.3, -0.25) is 4.79 Å². The minimum absolute atomic E-state index is 0.302. The standard InChI is InChI=1S/C14H21N3OS/c18-13(2-1-12-16-7-10-19-12)17-8-4-14(5-9-17)3-6-15-11-14/h7,10,15H,1-6,8-9,11H2. The highest BCUT2D eigenvalue weighted by molar-refractivity contribution is 7.09. The molecule has 2 aliphatic heterocycles. The van der Waals surface area contributed by atoms with Gasteiger partial charge in [-0.15, -0.1) is 11.3 Å². The third-order valence-corrected chi connectivity index (χ3v) is 5.38. The molecule has 5 heteroatoms. The van der Waals surface area contributed by atoms with Gasteiger partial charge in [0.2, 0.25) is 5.91 Å². The van der Waals surface area contributed by atoms with Gasteiger partial charge in [0.1, 0.15) is 0 Å². The predicted molar refractivity (Wildman–Crippen MR) is 76.2 cm³/mol. The SMILES string of the molecule is O=C(CCc1nccs1)N1CCC2(CCNC2)CC1. The van der Waals surface area contributed by atoms with Crippen LogP contribution in [0.2, 0.25) is 0 Å². The van der Waals surface area contributed by atoms with Crippen LogP contribution in [0.25, 0.3) is 0 Å². The van der Waals surface area contributed by atoms with Gasteiger partial charge in [0.25, 0.3) is 0 Å². The number of hydrogen-bond donors (Lipinski definition) is 1. The maximum atomic E-state index is 12.2. The van der Waals surface area contributed by atoms with Crippen LogP contribution in [0.15, 0.2) is 11.6 Å². The van der Waals surface area contributed by atoms with E-state index in [-0.39, 0.29) is 0 Å². The van der Waals surface area contributed by atoms with Crippen LogP contribution in [0, 0.1) is 5.41 Å². The highest BCUT2D eigenvalue weighted by Gasteiger charge is 2.37. The molecule has 3 heterocycles. The molecule has 0 aliphatic carbocycles. The van der Waals surface area contributed by atoms with Crippen LogP contribution in [0.1, 0.15) is 30.7 Å². The van der Waals surface area contributed by atoms with E-state index in [1.54, 1.807) is 11.3 Å². The molecule has 19 heavy (non-hydrogen) atoms. The Morgan fingerprint density at radius 1 is 1.42 bits per heavy atom. The molecule has 1 aromatic rings. The van der Waals surface area contributed by atoms with Crippen LogP contribution in [0.5, 0.6) is 0 Å². The van der Waals surface area contributed by atoms with Crippen molar-refractivity contribution in [3.8, 4) is 0 Å². The van der Waals surface area contributed by atoms with Gasteiger partial charge in [-0.25, -0.2) is 4.98 Å². The Bertz CT molecular complexity index is 416. The number of aromatic nitrogens is 1. The van der Waals surface area contributed by atoms with Crippen molar-refractivity contribution in [2.24, 2.45) is 5.41 Å². The average Bonchev–Trinajstić information content (AvgIpc) is 3.09. The Morgan fingerprint density at radius 3 is 2.89 bits per heavy atom. The zero-order chi connectivity index (χ0) is 13.1. The lowest BCUT2D eigenvalue weighted by Crippen LogP contribution is -2.44. The van der Waals surface area contributed by atoms with Gasteiger partial charge in [-0.1, -0.05) is 0 Å². The van der Waals surface area contributed by atoms with Crippen molar-refractivity contribution in [1.29, 1.82) is 0 Å². The van der Waals surface area contributed by atoms with Gasteiger partial charge in [0.15, 0.2) is 0 Å². The molecule has 1 amide bonds. The molecule has 2 saturated heterocycles. The number of nitrogens with one attached hydrogen (secondary N) is 1. The summed E-state index contributed by atoms with van der Waals surface area (Å²) in [6.07, 6.45) is 6.83. The monoisotopic (exact) mass is 279 g/mol. The number of amides is 1. The molecule has 104 valence electrons. The fourth-order valence-corrected chi connectivity index (χ4v) is 3.82. The fourth-order valence-electron chi connectivity index (χ4n) is 3.20. The summed E-state index contributed by atoms with van der Waals surface area (Å²) in [5.41, 5.74) is 0.492. The molecule has 0 radical (unpaired) electrons. The molecule has 4 nitrogen and oxygen atoms in total. The van der Waals surface area contributed by atoms with E-state index in [1.165, 1.54) is 19.3 Å². The molecule has 0 atom stereocenters. The van der Waals surface area contributed by atoms with E-state index in [1.807, 2.05) is 11.6 Å². The number of carbonyl (C=O) groups excluding carboxylic acids is 1. The number of likely N-dealkylation sites (tertiary alicyclic amines) is 1. The van der Waals surface area contributed by atoms with E-state index < -0.39 is 0 Å². The van der Waals surface area contributed by atoms with Crippen LogP contribution in [-0.4, -0.2) is 42.0 Å². The molecule has 1 spiro atoms. The Kier molecular flexibility index (Phi) is 3.84. The summed E-state index contributed by atoms with van der Waals surface area (Å²) in [4.78, 5) is 18.5. The van der Waals surface area contributed by atoms with E-state index in [4.69, 9.17) is 0 Å². The second-order valence-corrected chi connectivity index (χ2v) is 6.71. The third kappa shape index (κ3) is 2.98. The Labute approximate surface area is 118 Å². The molecule has 3 rings (SSSR count). The number of piperidine rings is 1. The van der Waals surface area contributed by atoms with Crippen LogP contribution in [0.4, 0.5) is 0 Å².